The fourth-order valence-corrected chi connectivity index (χ4v) is 3.73. The van der Waals surface area contributed by atoms with Crippen molar-refractivity contribution in [2.75, 3.05) is 19.8 Å². The molecule has 0 saturated carbocycles. The average Bonchev–Trinajstić information content (AvgIpc) is 2.73. The summed E-state index contributed by atoms with van der Waals surface area (Å²) in [6, 6.07) is 11.0. The van der Waals surface area contributed by atoms with Crippen LogP contribution in [0.3, 0.4) is 0 Å². The van der Waals surface area contributed by atoms with E-state index in [0.717, 1.165) is 0 Å². The number of carbonyl (C=O) groups is 3. The molecule has 3 atom stereocenters. The van der Waals surface area contributed by atoms with Crippen LogP contribution in [-0.4, -0.2) is 37.7 Å². The van der Waals surface area contributed by atoms with Gasteiger partial charge in [-0.2, -0.15) is 5.26 Å². The SMILES string of the molecule is CCOC(=O)C1=CC[C@H](c2ccccc2)[C@@](C#N)(C(=O)OCC)[C@@H]1C(=O)OCC. The van der Waals surface area contributed by atoms with Crippen LogP contribution in [0.5, 0.6) is 0 Å². The number of rotatable bonds is 7. The highest BCUT2D eigenvalue weighted by atomic mass is 16.5. The highest BCUT2D eigenvalue weighted by Gasteiger charge is 2.61. The standard InChI is InChI=1S/C22H25NO6/c1-4-27-19(24)16-12-13-17(15-10-8-7-9-11-15)22(14-23,21(26)29-6-3)18(16)20(25)28-5-2/h7-12,17-18H,4-6,13H2,1-3H3/t17-,18+,22-/m1/s1. The largest absolute Gasteiger partial charge is 0.465 e. The van der Waals surface area contributed by atoms with Crippen molar-refractivity contribution in [3.8, 4) is 6.07 Å². The van der Waals surface area contributed by atoms with E-state index in [2.05, 4.69) is 0 Å². The van der Waals surface area contributed by atoms with Gasteiger partial charge < -0.3 is 14.2 Å². The summed E-state index contributed by atoms with van der Waals surface area (Å²) in [7, 11) is 0. The summed E-state index contributed by atoms with van der Waals surface area (Å²) in [5, 5.41) is 10.2. The van der Waals surface area contributed by atoms with Crippen molar-refractivity contribution < 1.29 is 28.6 Å². The fourth-order valence-electron chi connectivity index (χ4n) is 3.73. The first-order valence-corrected chi connectivity index (χ1v) is 9.64. The van der Waals surface area contributed by atoms with Crippen LogP contribution >= 0.6 is 0 Å². The molecule has 1 aliphatic carbocycles. The van der Waals surface area contributed by atoms with Crippen LogP contribution in [0.2, 0.25) is 0 Å². The highest BCUT2D eigenvalue weighted by Crippen LogP contribution is 2.52. The van der Waals surface area contributed by atoms with Gasteiger partial charge in [0.15, 0.2) is 5.41 Å². The minimum Gasteiger partial charge on any atom is -0.465 e. The van der Waals surface area contributed by atoms with Crippen molar-refractivity contribution in [2.24, 2.45) is 11.3 Å². The molecular formula is C22H25NO6. The number of carbonyl (C=O) groups excluding carboxylic acids is 3. The summed E-state index contributed by atoms with van der Waals surface area (Å²) in [6.45, 7) is 5.01. The van der Waals surface area contributed by atoms with Gasteiger partial charge in [-0.25, -0.2) is 4.79 Å². The molecule has 7 nitrogen and oxygen atoms in total. The van der Waals surface area contributed by atoms with Gasteiger partial charge in [-0.1, -0.05) is 36.4 Å². The minimum atomic E-state index is -1.96. The van der Waals surface area contributed by atoms with Gasteiger partial charge in [0.25, 0.3) is 0 Å². The van der Waals surface area contributed by atoms with Crippen molar-refractivity contribution in [1.82, 2.24) is 0 Å². The number of hydrogen-bond acceptors (Lipinski definition) is 7. The number of benzene rings is 1. The first-order chi connectivity index (χ1) is 14.0. The molecule has 0 aromatic heterocycles. The van der Waals surface area contributed by atoms with E-state index in [0.29, 0.717) is 5.56 Å². The Morgan fingerprint density at radius 1 is 1.03 bits per heavy atom. The molecule has 29 heavy (non-hydrogen) atoms. The fraction of sp³-hybridized carbons (Fsp3) is 0.455. The van der Waals surface area contributed by atoms with Crippen molar-refractivity contribution in [2.45, 2.75) is 33.1 Å². The monoisotopic (exact) mass is 399 g/mol. The van der Waals surface area contributed by atoms with Gasteiger partial charge in [0.05, 0.1) is 25.9 Å². The van der Waals surface area contributed by atoms with Gasteiger partial charge in [-0.15, -0.1) is 0 Å². The lowest BCUT2D eigenvalue weighted by Gasteiger charge is -2.41. The molecule has 0 unspecified atom stereocenters. The molecule has 0 bridgehead atoms. The van der Waals surface area contributed by atoms with Gasteiger partial charge in [-0.3, -0.25) is 9.59 Å². The summed E-state index contributed by atoms with van der Waals surface area (Å²) in [5.41, 5.74) is -1.32. The number of ether oxygens (including phenoxy) is 3. The Kier molecular flexibility index (Phi) is 7.54. The maximum atomic E-state index is 13.1. The summed E-state index contributed by atoms with van der Waals surface area (Å²) < 4.78 is 15.5. The van der Waals surface area contributed by atoms with Crippen molar-refractivity contribution in [3.05, 3.63) is 47.5 Å². The molecule has 1 aromatic rings. The quantitative estimate of drug-likeness (QED) is 0.513. The Labute approximate surface area is 170 Å². The second-order valence-corrected chi connectivity index (χ2v) is 6.47. The molecule has 1 aliphatic rings. The lowest BCUT2D eigenvalue weighted by Crippen LogP contribution is -2.51. The smallest absolute Gasteiger partial charge is 0.334 e. The molecule has 0 N–H and O–H groups in total. The zero-order chi connectivity index (χ0) is 21.4. The molecule has 2 rings (SSSR count). The van der Waals surface area contributed by atoms with E-state index in [1.54, 1.807) is 51.1 Å². The van der Waals surface area contributed by atoms with Crippen molar-refractivity contribution in [1.29, 1.82) is 5.26 Å². The number of hydrogen-bond donors (Lipinski definition) is 0. The van der Waals surface area contributed by atoms with Crippen LogP contribution in [0, 0.1) is 22.7 Å². The van der Waals surface area contributed by atoms with Crippen LogP contribution in [-0.2, 0) is 28.6 Å². The van der Waals surface area contributed by atoms with E-state index >= 15 is 0 Å². The van der Waals surface area contributed by atoms with Crippen LogP contribution in [0.4, 0.5) is 0 Å². The molecule has 0 spiro atoms. The summed E-state index contributed by atoms with van der Waals surface area (Å²) in [6.07, 6.45) is 1.76. The minimum absolute atomic E-state index is 0.0256. The molecule has 1 aromatic carbocycles. The van der Waals surface area contributed by atoms with Crippen LogP contribution in [0.25, 0.3) is 0 Å². The summed E-state index contributed by atoms with van der Waals surface area (Å²) in [4.78, 5) is 38.7. The average molecular weight is 399 g/mol. The first kappa shape index (κ1) is 22.2. The zero-order valence-corrected chi connectivity index (χ0v) is 16.8. The number of nitriles is 1. The number of allylic oxidation sites excluding steroid dienone is 1. The predicted molar refractivity (Wildman–Crippen MR) is 103 cm³/mol. The highest BCUT2D eigenvalue weighted by molar-refractivity contribution is 6.01. The van der Waals surface area contributed by atoms with Gasteiger partial charge in [-0.05, 0) is 32.8 Å². The van der Waals surface area contributed by atoms with E-state index in [4.69, 9.17) is 14.2 Å². The van der Waals surface area contributed by atoms with E-state index in [-0.39, 0.29) is 31.8 Å². The van der Waals surface area contributed by atoms with E-state index < -0.39 is 35.2 Å². The maximum absolute atomic E-state index is 13.1. The van der Waals surface area contributed by atoms with E-state index in [1.807, 2.05) is 12.1 Å². The molecular weight excluding hydrogens is 374 g/mol. The third-order valence-electron chi connectivity index (χ3n) is 4.92. The zero-order valence-electron chi connectivity index (χ0n) is 16.8. The molecule has 154 valence electrons. The lowest BCUT2D eigenvalue weighted by atomic mass is 9.58. The lowest BCUT2D eigenvalue weighted by molar-refractivity contribution is -0.167. The first-order valence-electron chi connectivity index (χ1n) is 9.64. The molecule has 0 heterocycles. The second-order valence-electron chi connectivity index (χ2n) is 6.47. The maximum Gasteiger partial charge on any atom is 0.334 e. The third-order valence-corrected chi connectivity index (χ3v) is 4.92. The second kappa shape index (κ2) is 9.87. The van der Waals surface area contributed by atoms with E-state index in [9.17, 15) is 19.6 Å². The summed E-state index contributed by atoms with van der Waals surface area (Å²) >= 11 is 0. The molecule has 0 saturated heterocycles. The molecule has 0 radical (unpaired) electrons. The van der Waals surface area contributed by atoms with Crippen LogP contribution in [0.1, 0.15) is 38.7 Å². The Hall–Kier alpha value is -3.14. The van der Waals surface area contributed by atoms with Crippen molar-refractivity contribution in [3.63, 3.8) is 0 Å². The Bertz CT molecular complexity index is 825. The van der Waals surface area contributed by atoms with Crippen LogP contribution in [0.15, 0.2) is 42.0 Å². The topological polar surface area (TPSA) is 103 Å². The number of esters is 3. The molecule has 0 aliphatic heterocycles. The van der Waals surface area contributed by atoms with Gasteiger partial charge >= 0.3 is 17.9 Å². The van der Waals surface area contributed by atoms with Gasteiger partial charge in [0.1, 0.15) is 5.92 Å². The van der Waals surface area contributed by atoms with E-state index in [1.165, 1.54) is 0 Å². The van der Waals surface area contributed by atoms with Crippen molar-refractivity contribution >= 4 is 17.9 Å². The Morgan fingerprint density at radius 2 is 1.66 bits per heavy atom. The third kappa shape index (κ3) is 4.16. The van der Waals surface area contributed by atoms with Gasteiger partial charge in [0, 0.05) is 11.5 Å². The number of nitrogens with zero attached hydrogens (tertiary/aromatic N) is 1. The molecule has 7 heteroatoms. The molecule has 0 fully saturated rings. The summed E-state index contributed by atoms with van der Waals surface area (Å²) in [5.74, 6) is -4.59. The molecule has 0 amide bonds. The normalized spacial score (nSPS) is 23.3. The van der Waals surface area contributed by atoms with Gasteiger partial charge in [0.2, 0.25) is 0 Å². The Morgan fingerprint density at radius 3 is 2.21 bits per heavy atom. The predicted octanol–water partition coefficient (Wildman–Crippen LogP) is 2.92. The Balaban J connectivity index is 2.74. The van der Waals surface area contributed by atoms with Crippen LogP contribution < -0.4 is 0 Å².